The molecule has 2 aromatic rings. The van der Waals surface area contributed by atoms with Gasteiger partial charge in [0.05, 0.1) is 5.69 Å². The molecule has 2 aromatic heterocycles. The topological polar surface area (TPSA) is 42.2 Å². The Hall–Kier alpha value is -1.42. The first kappa shape index (κ1) is 9.15. The SMILES string of the molecule is CNCc1cc2nc(C)cc(C)n2n1. The zero-order valence-electron chi connectivity index (χ0n) is 8.70. The van der Waals surface area contributed by atoms with Crippen LogP contribution in [0.4, 0.5) is 0 Å². The van der Waals surface area contributed by atoms with E-state index in [1.165, 1.54) is 0 Å². The van der Waals surface area contributed by atoms with Crippen molar-refractivity contribution >= 4 is 5.65 Å². The van der Waals surface area contributed by atoms with Crippen LogP contribution in [0.25, 0.3) is 5.65 Å². The molecule has 0 amide bonds. The van der Waals surface area contributed by atoms with Crippen molar-refractivity contribution in [2.24, 2.45) is 0 Å². The molecule has 0 fully saturated rings. The minimum atomic E-state index is 0.780. The van der Waals surface area contributed by atoms with Crippen LogP contribution in [0.1, 0.15) is 17.1 Å². The number of rotatable bonds is 2. The molecule has 2 rings (SSSR count). The highest BCUT2D eigenvalue weighted by Gasteiger charge is 2.04. The molecule has 0 atom stereocenters. The van der Waals surface area contributed by atoms with Gasteiger partial charge in [-0.15, -0.1) is 0 Å². The Balaban J connectivity index is 2.58. The number of nitrogens with zero attached hydrogens (tertiary/aromatic N) is 3. The van der Waals surface area contributed by atoms with Crippen LogP contribution >= 0.6 is 0 Å². The van der Waals surface area contributed by atoms with E-state index in [0.717, 1.165) is 29.3 Å². The molecule has 0 aromatic carbocycles. The van der Waals surface area contributed by atoms with Crippen LogP contribution in [0.15, 0.2) is 12.1 Å². The molecule has 74 valence electrons. The minimum absolute atomic E-state index is 0.780. The molecule has 4 nitrogen and oxygen atoms in total. The van der Waals surface area contributed by atoms with Crippen molar-refractivity contribution in [1.82, 2.24) is 19.9 Å². The lowest BCUT2D eigenvalue weighted by atomic mass is 10.3. The van der Waals surface area contributed by atoms with Crippen molar-refractivity contribution in [3.8, 4) is 0 Å². The predicted octanol–water partition coefficient (Wildman–Crippen LogP) is 1.07. The number of aryl methyl sites for hydroxylation is 2. The van der Waals surface area contributed by atoms with E-state index in [-0.39, 0.29) is 0 Å². The Morgan fingerprint density at radius 2 is 2.14 bits per heavy atom. The lowest BCUT2D eigenvalue weighted by Crippen LogP contribution is -2.05. The van der Waals surface area contributed by atoms with Crippen LogP contribution in [0, 0.1) is 13.8 Å². The summed E-state index contributed by atoms with van der Waals surface area (Å²) in [6, 6.07) is 4.04. The van der Waals surface area contributed by atoms with Gasteiger partial charge in [0.1, 0.15) is 0 Å². The van der Waals surface area contributed by atoms with Gasteiger partial charge in [-0.25, -0.2) is 9.50 Å². The third-order valence-electron chi connectivity index (χ3n) is 2.14. The van der Waals surface area contributed by atoms with Gasteiger partial charge in [0.25, 0.3) is 0 Å². The summed E-state index contributed by atoms with van der Waals surface area (Å²) in [5.74, 6) is 0. The average Bonchev–Trinajstić information content (AvgIpc) is 2.48. The second-order valence-corrected chi connectivity index (χ2v) is 3.47. The van der Waals surface area contributed by atoms with Crippen LogP contribution in [0.5, 0.6) is 0 Å². The molecule has 4 heteroatoms. The molecule has 0 bridgehead atoms. The molecular formula is C10H14N4. The smallest absolute Gasteiger partial charge is 0.155 e. The third-order valence-corrected chi connectivity index (χ3v) is 2.14. The highest BCUT2D eigenvalue weighted by Crippen LogP contribution is 2.08. The van der Waals surface area contributed by atoms with Gasteiger partial charge in [-0.2, -0.15) is 5.10 Å². The van der Waals surface area contributed by atoms with Crippen molar-refractivity contribution in [3.63, 3.8) is 0 Å². The summed E-state index contributed by atoms with van der Waals surface area (Å²) in [6.07, 6.45) is 0. The summed E-state index contributed by atoms with van der Waals surface area (Å²) >= 11 is 0. The molecule has 0 aliphatic heterocycles. The normalized spacial score (nSPS) is 11.1. The quantitative estimate of drug-likeness (QED) is 0.770. The molecule has 0 radical (unpaired) electrons. The maximum Gasteiger partial charge on any atom is 0.155 e. The average molecular weight is 190 g/mol. The Bertz CT molecular complexity index is 458. The molecule has 0 aliphatic carbocycles. The summed E-state index contributed by atoms with van der Waals surface area (Å²) in [6.45, 7) is 4.82. The number of nitrogens with one attached hydrogen (secondary N) is 1. The van der Waals surface area contributed by atoms with Gasteiger partial charge < -0.3 is 5.32 Å². The van der Waals surface area contributed by atoms with Crippen molar-refractivity contribution in [2.75, 3.05) is 7.05 Å². The van der Waals surface area contributed by atoms with Crippen LogP contribution in [0.3, 0.4) is 0 Å². The fourth-order valence-corrected chi connectivity index (χ4v) is 1.60. The molecular weight excluding hydrogens is 176 g/mol. The van der Waals surface area contributed by atoms with Gasteiger partial charge in [-0.05, 0) is 27.0 Å². The maximum absolute atomic E-state index is 4.43. The van der Waals surface area contributed by atoms with Gasteiger partial charge >= 0.3 is 0 Å². The second kappa shape index (κ2) is 3.38. The highest BCUT2D eigenvalue weighted by molar-refractivity contribution is 5.41. The molecule has 0 spiro atoms. The summed E-state index contributed by atoms with van der Waals surface area (Å²) < 4.78 is 1.87. The number of fused-ring (bicyclic) bond motifs is 1. The molecule has 1 N–H and O–H groups in total. The Labute approximate surface area is 83.0 Å². The molecule has 0 saturated carbocycles. The van der Waals surface area contributed by atoms with Gasteiger partial charge in [0.15, 0.2) is 5.65 Å². The monoisotopic (exact) mass is 190 g/mol. The lowest BCUT2D eigenvalue weighted by Gasteiger charge is -1.98. The number of aromatic nitrogens is 3. The van der Waals surface area contributed by atoms with Crippen LogP contribution in [-0.4, -0.2) is 21.6 Å². The summed E-state index contributed by atoms with van der Waals surface area (Å²) in [4.78, 5) is 4.41. The van der Waals surface area contributed by atoms with E-state index in [9.17, 15) is 0 Å². The van der Waals surface area contributed by atoms with Gasteiger partial charge in [0, 0.05) is 24.0 Å². The van der Waals surface area contributed by atoms with Crippen LogP contribution < -0.4 is 5.32 Å². The van der Waals surface area contributed by atoms with E-state index in [0.29, 0.717) is 0 Å². The van der Waals surface area contributed by atoms with E-state index < -0.39 is 0 Å². The van der Waals surface area contributed by atoms with Crippen molar-refractivity contribution in [3.05, 3.63) is 29.2 Å². The Morgan fingerprint density at radius 3 is 2.86 bits per heavy atom. The van der Waals surface area contributed by atoms with Gasteiger partial charge in [0.2, 0.25) is 0 Å². The van der Waals surface area contributed by atoms with E-state index in [4.69, 9.17) is 0 Å². The van der Waals surface area contributed by atoms with Crippen molar-refractivity contribution in [2.45, 2.75) is 20.4 Å². The zero-order chi connectivity index (χ0) is 10.1. The minimum Gasteiger partial charge on any atom is -0.314 e. The first-order chi connectivity index (χ1) is 6.70. The van der Waals surface area contributed by atoms with Crippen molar-refractivity contribution < 1.29 is 0 Å². The molecule has 2 heterocycles. The lowest BCUT2D eigenvalue weighted by molar-refractivity contribution is 0.762. The Kier molecular flexibility index (Phi) is 2.21. The van der Waals surface area contributed by atoms with Gasteiger partial charge in [-0.1, -0.05) is 0 Å². The fraction of sp³-hybridized carbons (Fsp3) is 0.400. The standard InChI is InChI=1S/C10H14N4/c1-7-4-8(2)14-10(12-7)5-9(13-14)6-11-3/h4-5,11H,6H2,1-3H3. The van der Waals surface area contributed by atoms with Crippen LogP contribution in [0.2, 0.25) is 0 Å². The van der Waals surface area contributed by atoms with E-state index in [1.54, 1.807) is 0 Å². The second-order valence-electron chi connectivity index (χ2n) is 3.47. The fourth-order valence-electron chi connectivity index (χ4n) is 1.60. The van der Waals surface area contributed by atoms with E-state index in [2.05, 4.69) is 15.4 Å². The third kappa shape index (κ3) is 1.48. The first-order valence-electron chi connectivity index (χ1n) is 4.68. The van der Waals surface area contributed by atoms with Gasteiger partial charge in [-0.3, -0.25) is 0 Å². The Morgan fingerprint density at radius 1 is 1.36 bits per heavy atom. The maximum atomic E-state index is 4.43. The molecule has 0 saturated heterocycles. The summed E-state index contributed by atoms with van der Waals surface area (Å²) in [5.41, 5.74) is 4.10. The first-order valence-corrected chi connectivity index (χ1v) is 4.68. The molecule has 0 unspecified atom stereocenters. The van der Waals surface area contributed by atoms with Crippen LogP contribution in [-0.2, 0) is 6.54 Å². The van der Waals surface area contributed by atoms with E-state index >= 15 is 0 Å². The summed E-state index contributed by atoms with van der Waals surface area (Å²) in [5, 5.41) is 7.51. The largest absolute Gasteiger partial charge is 0.314 e. The predicted molar refractivity (Wildman–Crippen MR) is 55.2 cm³/mol. The summed E-state index contributed by atoms with van der Waals surface area (Å²) in [7, 11) is 1.91. The molecule has 0 aliphatic rings. The van der Waals surface area contributed by atoms with E-state index in [1.807, 2.05) is 37.5 Å². The highest BCUT2D eigenvalue weighted by atomic mass is 15.3. The molecule has 14 heavy (non-hydrogen) atoms. The zero-order valence-corrected chi connectivity index (χ0v) is 8.70. The number of hydrogen-bond donors (Lipinski definition) is 1. The van der Waals surface area contributed by atoms with Crippen molar-refractivity contribution in [1.29, 1.82) is 0 Å². The number of hydrogen-bond acceptors (Lipinski definition) is 3.